The fraction of sp³-hybridized carbons (Fsp3) is 0.750. The predicted octanol–water partition coefficient (Wildman–Crippen LogP) is 0.893. The van der Waals surface area contributed by atoms with E-state index in [9.17, 15) is 0 Å². The van der Waals surface area contributed by atoms with Gasteiger partial charge in [-0.2, -0.15) is 0 Å². The number of guanidine groups is 1. The minimum Gasteiger partial charge on any atom is -0.381 e. The van der Waals surface area contributed by atoms with Gasteiger partial charge in [0, 0.05) is 26.3 Å². The Morgan fingerprint density at radius 2 is 2.31 bits per heavy atom. The molecule has 3 N–H and O–H groups in total. The average Bonchev–Trinajstić information content (AvgIpc) is 2.97. The first kappa shape index (κ1) is 11.5. The van der Waals surface area contributed by atoms with Gasteiger partial charge in [-0.15, -0.1) is 6.58 Å². The molecule has 2 fully saturated rings. The molecule has 90 valence electrons. The van der Waals surface area contributed by atoms with Crippen molar-refractivity contribution in [3.8, 4) is 0 Å². The van der Waals surface area contributed by atoms with Crippen molar-refractivity contribution >= 4 is 5.96 Å². The molecule has 1 saturated heterocycles. The molecule has 4 nitrogen and oxygen atoms in total. The third-order valence-electron chi connectivity index (χ3n) is 3.76. The highest BCUT2D eigenvalue weighted by atomic mass is 16.5. The quantitative estimate of drug-likeness (QED) is 0.423. The second kappa shape index (κ2) is 4.87. The summed E-state index contributed by atoms with van der Waals surface area (Å²) in [5, 5.41) is 2.99. The van der Waals surface area contributed by atoms with Crippen LogP contribution in [0.5, 0.6) is 0 Å². The number of nitrogens with zero attached hydrogens (tertiary/aromatic N) is 1. The maximum atomic E-state index is 5.72. The van der Waals surface area contributed by atoms with E-state index in [2.05, 4.69) is 16.9 Å². The summed E-state index contributed by atoms with van der Waals surface area (Å²) in [4.78, 5) is 4.37. The summed E-state index contributed by atoms with van der Waals surface area (Å²) in [6.07, 6.45) is 5.48. The molecule has 4 heteroatoms. The molecular weight excluding hydrogens is 202 g/mol. The zero-order valence-corrected chi connectivity index (χ0v) is 9.74. The van der Waals surface area contributed by atoms with Gasteiger partial charge in [0.1, 0.15) is 0 Å². The summed E-state index contributed by atoms with van der Waals surface area (Å²) >= 11 is 0. The lowest BCUT2D eigenvalue weighted by Crippen LogP contribution is -2.32. The average molecular weight is 223 g/mol. The van der Waals surface area contributed by atoms with Crippen LogP contribution in [-0.4, -0.2) is 32.3 Å². The van der Waals surface area contributed by atoms with E-state index in [1.165, 1.54) is 19.3 Å². The Bertz CT molecular complexity index is 282. The van der Waals surface area contributed by atoms with Gasteiger partial charge in [0.2, 0.25) is 0 Å². The van der Waals surface area contributed by atoms with Gasteiger partial charge in [0.05, 0.1) is 0 Å². The Hall–Kier alpha value is -1.03. The molecule has 1 saturated carbocycles. The van der Waals surface area contributed by atoms with E-state index in [4.69, 9.17) is 10.5 Å². The highest BCUT2D eigenvalue weighted by Gasteiger charge is 2.53. The van der Waals surface area contributed by atoms with Crippen molar-refractivity contribution in [1.82, 2.24) is 5.32 Å². The van der Waals surface area contributed by atoms with Crippen LogP contribution in [0.15, 0.2) is 17.6 Å². The summed E-state index contributed by atoms with van der Waals surface area (Å²) in [7, 11) is 0. The molecule has 0 aromatic rings. The second-order valence-electron chi connectivity index (χ2n) is 4.77. The molecule has 1 atom stereocenters. The summed E-state index contributed by atoms with van der Waals surface area (Å²) in [6, 6.07) is 0. The lowest BCUT2D eigenvalue weighted by Gasteiger charge is -2.22. The Labute approximate surface area is 97.0 Å². The lowest BCUT2D eigenvalue weighted by atomic mass is 9.94. The number of nitrogens with one attached hydrogen (secondary N) is 1. The standard InChI is InChI=1S/C12H21N3O/c1-2-5-14-11(13)15-9-10-8-12(10)3-6-16-7-4-12/h2,10H,1,3-9H2,(H3,13,14,15). The summed E-state index contributed by atoms with van der Waals surface area (Å²) < 4.78 is 5.39. The van der Waals surface area contributed by atoms with Crippen LogP contribution < -0.4 is 11.1 Å². The molecule has 1 heterocycles. The lowest BCUT2D eigenvalue weighted by molar-refractivity contribution is 0.0525. The van der Waals surface area contributed by atoms with E-state index in [1.54, 1.807) is 6.08 Å². The highest BCUT2D eigenvalue weighted by molar-refractivity contribution is 5.77. The van der Waals surface area contributed by atoms with Crippen molar-refractivity contribution < 1.29 is 4.74 Å². The fourth-order valence-electron chi connectivity index (χ4n) is 2.52. The molecule has 1 aliphatic carbocycles. The normalized spacial score (nSPS) is 27.8. The molecule has 0 radical (unpaired) electrons. The largest absolute Gasteiger partial charge is 0.381 e. The van der Waals surface area contributed by atoms with Crippen molar-refractivity contribution in [2.24, 2.45) is 22.1 Å². The summed E-state index contributed by atoms with van der Waals surface area (Å²) in [6.45, 7) is 7.00. The SMILES string of the molecule is C=CCNC(N)=NCC1CC12CCOCC2. The zero-order chi connectivity index (χ0) is 11.4. The Morgan fingerprint density at radius 1 is 1.56 bits per heavy atom. The smallest absolute Gasteiger partial charge is 0.188 e. The summed E-state index contributed by atoms with van der Waals surface area (Å²) in [5.41, 5.74) is 6.26. The third-order valence-corrected chi connectivity index (χ3v) is 3.76. The number of aliphatic imine (C=N–C) groups is 1. The van der Waals surface area contributed by atoms with Crippen molar-refractivity contribution in [1.29, 1.82) is 0 Å². The summed E-state index contributed by atoms with van der Waals surface area (Å²) in [5.74, 6) is 1.26. The van der Waals surface area contributed by atoms with Gasteiger partial charge >= 0.3 is 0 Å². The van der Waals surface area contributed by atoms with Gasteiger partial charge in [0.25, 0.3) is 0 Å². The zero-order valence-electron chi connectivity index (χ0n) is 9.74. The maximum absolute atomic E-state index is 5.72. The fourth-order valence-corrected chi connectivity index (χ4v) is 2.52. The van der Waals surface area contributed by atoms with E-state index in [1.807, 2.05) is 0 Å². The minimum atomic E-state index is 0.536. The van der Waals surface area contributed by atoms with Crippen LogP contribution in [0.2, 0.25) is 0 Å². The number of hydrogen-bond acceptors (Lipinski definition) is 2. The van der Waals surface area contributed by atoms with Gasteiger partial charge in [-0.3, -0.25) is 4.99 Å². The van der Waals surface area contributed by atoms with Crippen LogP contribution in [0.3, 0.4) is 0 Å². The predicted molar refractivity (Wildman–Crippen MR) is 65.3 cm³/mol. The van der Waals surface area contributed by atoms with E-state index in [0.717, 1.165) is 25.7 Å². The Balaban J connectivity index is 1.73. The van der Waals surface area contributed by atoms with Gasteiger partial charge in [-0.05, 0) is 30.6 Å². The number of hydrogen-bond donors (Lipinski definition) is 2. The second-order valence-corrected chi connectivity index (χ2v) is 4.77. The van der Waals surface area contributed by atoms with Gasteiger partial charge in [-0.25, -0.2) is 0 Å². The Morgan fingerprint density at radius 3 is 3.00 bits per heavy atom. The van der Waals surface area contributed by atoms with Gasteiger partial charge in [-0.1, -0.05) is 6.08 Å². The van der Waals surface area contributed by atoms with Crippen molar-refractivity contribution in [2.75, 3.05) is 26.3 Å². The molecule has 0 aromatic carbocycles. The molecule has 0 bridgehead atoms. The van der Waals surface area contributed by atoms with Crippen LogP contribution in [-0.2, 0) is 4.74 Å². The molecule has 0 amide bonds. The molecule has 2 aliphatic rings. The first-order chi connectivity index (χ1) is 7.77. The minimum absolute atomic E-state index is 0.536. The topological polar surface area (TPSA) is 59.6 Å². The van der Waals surface area contributed by atoms with E-state index >= 15 is 0 Å². The maximum Gasteiger partial charge on any atom is 0.188 e. The van der Waals surface area contributed by atoms with Crippen LogP contribution in [0, 0.1) is 11.3 Å². The van der Waals surface area contributed by atoms with Gasteiger partial charge < -0.3 is 15.8 Å². The number of nitrogens with two attached hydrogens (primary N) is 1. The van der Waals surface area contributed by atoms with Crippen molar-refractivity contribution in [2.45, 2.75) is 19.3 Å². The van der Waals surface area contributed by atoms with Crippen LogP contribution in [0.4, 0.5) is 0 Å². The molecular formula is C12H21N3O. The molecule has 1 aliphatic heterocycles. The monoisotopic (exact) mass is 223 g/mol. The van der Waals surface area contributed by atoms with Crippen LogP contribution in [0.1, 0.15) is 19.3 Å². The molecule has 2 rings (SSSR count). The van der Waals surface area contributed by atoms with Gasteiger partial charge in [0.15, 0.2) is 5.96 Å². The number of ether oxygens (including phenoxy) is 1. The third kappa shape index (κ3) is 2.55. The van der Waals surface area contributed by atoms with E-state index < -0.39 is 0 Å². The molecule has 1 unspecified atom stereocenters. The molecule has 1 spiro atoms. The van der Waals surface area contributed by atoms with Crippen molar-refractivity contribution in [3.63, 3.8) is 0 Å². The Kier molecular flexibility index (Phi) is 3.49. The van der Waals surface area contributed by atoms with E-state index in [-0.39, 0.29) is 0 Å². The van der Waals surface area contributed by atoms with E-state index in [0.29, 0.717) is 17.9 Å². The molecule has 16 heavy (non-hydrogen) atoms. The number of rotatable bonds is 4. The van der Waals surface area contributed by atoms with Crippen LogP contribution in [0.25, 0.3) is 0 Å². The molecule has 0 aromatic heterocycles. The first-order valence-electron chi connectivity index (χ1n) is 5.99. The highest BCUT2D eigenvalue weighted by Crippen LogP contribution is 2.59. The first-order valence-corrected chi connectivity index (χ1v) is 5.99. The van der Waals surface area contributed by atoms with Crippen LogP contribution >= 0.6 is 0 Å². The van der Waals surface area contributed by atoms with Crippen molar-refractivity contribution in [3.05, 3.63) is 12.7 Å².